The van der Waals surface area contributed by atoms with Gasteiger partial charge in [-0.1, -0.05) is 13.3 Å². The Labute approximate surface area is 123 Å². The predicted molar refractivity (Wildman–Crippen MR) is 79.2 cm³/mol. The molecule has 0 aliphatic rings. The second-order valence-electron chi connectivity index (χ2n) is 4.72. The molecule has 1 rings (SSSR count). The van der Waals surface area contributed by atoms with Crippen LogP contribution in [0.1, 0.15) is 38.8 Å². The molecule has 1 N–H and O–H groups in total. The van der Waals surface area contributed by atoms with Crippen LogP contribution in [0.25, 0.3) is 0 Å². The number of carbonyl (C=O) groups excluding carboxylic acids is 1. The maximum Gasteiger partial charge on any atom is 0.311 e. The number of anilines is 1. The molecule has 1 aromatic heterocycles. The summed E-state index contributed by atoms with van der Waals surface area (Å²) in [4.78, 5) is 26.3. The zero-order valence-corrected chi connectivity index (χ0v) is 12.6. The molecule has 7 nitrogen and oxygen atoms in total. The summed E-state index contributed by atoms with van der Waals surface area (Å²) in [6.45, 7) is 5.81. The van der Waals surface area contributed by atoms with Crippen molar-refractivity contribution in [3.05, 3.63) is 27.9 Å². The minimum Gasteiger partial charge on any atom is -0.466 e. The number of rotatable bonds is 8. The molecule has 116 valence electrons. The quantitative estimate of drug-likeness (QED) is 0.450. The van der Waals surface area contributed by atoms with Crippen LogP contribution in [-0.2, 0) is 9.53 Å². The van der Waals surface area contributed by atoms with Crippen LogP contribution in [0.3, 0.4) is 0 Å². The Kier molecular flexibility index (Phi) is 6.58. The fourth-order valence-corrected chi connectivity index (χ4v) is 1.99. The summed E-state index contributed by atoms with van der Waals surface area (Å²) in [6.07, 6.45) is 1.71. The van der Waals surface area contributed by atoms with E-state index < -0.39 is 4.92 Å². The minimum absolute atomic E-state index is 0.0921. The molecule has 0 spiro atoms. The van der Waals surface area contributed by atoms with Gasteiger partial charge < -0.3 is 10.1 Å². The van der Waals surface area contributed by atoms with Gasteiger partial charge in [0.25, 0.3) is 0 Å². The Balaban J connectivity index is 2.90. The van der Waals surface area contributed by atoms with Crippen molar-refractivity contribution in [2.45, 2.75) is 46.1 Å². The zero-order valence-electron chi connectivity index (χ0n) is 12.6. The van der Waals surface area contributed by atoms with E-state index in [1.54, 1.807) is 19.9 Å². The molecular weight excluding hydrogens is 274 g/mol. The monoisotopic (exact) mass is 295 g/mol. The molecule has 1 aromatic rings. The lowest BCUT2D eigenvalue weighted by atomic mass is 10.1. The highest BCUT2D eigenvalue weighted by Crippen LogP contribution is 2.24. The molecule has 0 aliphatic carbocycles. The van der Waals surface area contributed by atoms with E-state index in [4.69, 9.17) is 4.74 Å². The number of pyridine rings is 1. The molecule has 0 amide bonds. The number of aryl methyl sites for hydroxylation is 1. The number of esters is 1. The van der Waals surface area contributed by atoms with Gasteiger partial charge in [0.05, 0.1) is 18.0 Å². The van der Waals surface area contributed by atoms with Crippen LogP contribution < -0.4 is 5.32 Å². The molecule has 0 saturated carbocycles. The van der Waals surface area contributed by atoms with Crippen molar-refractivity contribution < 1.29 is 14.5 Å². The molecule has 0 fully saturated rings. The lowest BCUT2D eigenvalue weighted by Gasteiger charge is -2.18. The predicted octanol–water partition coefficient (Wildman–Crippen LogP) is 2.83. The molecule has 1 atom stereocenters. The summed E-state index contributed by atoms with van der Waals surface area (Å²) >= 11 is 0. The molecule has 0 radical (unpaired) electrons. The summed E-state index contributed by atoms with van der Waals surface area (Å²) in [5.41, 5.74) is 0.583. The topological polar surface area (TPSA) is 94.4 Å². The normalized spacial score (nSPS) is 11.8. The van der Waals surface area contributed by atoms with Crippen LogP contribution in [-0.4, -0.2) is 28.5 Å². The highest BCUT2D eigenvalue weighted by Gasteiger charge is 2.20. The Morgan fingerprint density at radius 3 is 2.76 bits per heavy atom. The van der Waals surface area contributed by atoms with Gasteiger partial charge in [-0.15, -0.1) is 0 Å². The standard InChI is InChI=1S/C14H21N3O4/c1-4-6-11(9-13(18)21-5-2)16-14-12(17(19)20)8-7-10(3)15-14/h7-8,11H,4-6,9H2,1-3H3,(H,15,16). The third-order valence-corrected chi connectivity index (χ3v) is 2.91. The fourth-order valence-electron chi connectivity index (χ4n) is 1.99. The van der Waals surface area contributed by atoms with Crippen molar-refractivity contribution in [2.24, 2.45) is 0 Å². The van der Waals surface area contributed by atoms with Crippen LogP contribution >= 0.6 is 0 Å². The summed E-state index contributed by atoms with van der Waals surface area (Å²) in [5.74, 6) is -0.124. The van der Waals surface area contributed by atoms with Gasteiger partial charge in [0.2, 0.25) is 5.82 Å². The smallest absolute Gasteiger partial charge is 0.311 e. The maximum absolute atomic E-state index is 11.6. The maximum atomic E-state index is 11.6. The van der Waals surface area contributed by atoms with Crippen LogP contribution in [0.5, 0.6) is 0 Å². The first-order chi connectivity index (χ1) is 9.97. The average Bonchev–Trinajstić information content (AvgIpc) is 2.38. The van der Waals surface area contributed by atoms with Gasteiger partial charge in [0.15, 0.2) is 0 Å². The first-order valence-electron chi connectivity index (χ1n) is 7.02. The molecular formula is C14H21N3O4. The summed E-state index contributed by atoms with van der Waals surface area (Å²) in [7, 11) is 0. The van der Waals surface area contributed by atoms with Crippen molar-refractivity contribution in [3.63, 3.8) is 0 Å². The van der Waals surface area contributed by atoms with Crippen molar-refractivity contribution in [1.29, 1.82) is 0 Å². The van der Waals surface area contributed by atoms with Crippen molar-refractivity contribution in [2.75, 3.05) is 11.9 Å². The zero-order chi connectivity index (χ0) is 15.8. The Morgan fingerprint density at radius 1 is 1.48 bits per heavy atom. The number of aromatic nitrogens is 1. The lowest BCUT2D eigenvalue weighted by Crippen LogP contribution is -2.25. The SMILES string of the molecule is CCCC(CC(=O)OCC)Nc1nc(C)ccc1[N+](=O)[O-]. The van der Waals surface area contributed by atoms with E-state index >= 15 is 0 Å². The van der Waals surface area contributed by atoms with E-state index in [9.17, 15) is 14.9 Å². The van der Waals surface area contributed by atoms with Crippen LogP contribution in [0.15, 0.2) is 12.1 Å². The van der Waals surface area contributed by atoms with E-state index in [1.165, 1.54) is 6.07 Å². The van der Waals surface area contributed by atoms with Crippen LogP contribution in [0.2, 0.25) is 0 Å². The lowest BCUT2D eigenvalue weighted by molar-refractivity contribution is -0.384. The van der Waals surface area contributed by atoms with Crippen LogP contribution in [0.4, 0.5) is 11.5 Å². The minimum atomic E-state index is -0.484. The first kappa shape index (κ1) is 16.9. The summed E-state index contributed by atoms with van der Waals surface area (Å²) in [5, 5.41) is 14.0. The Morgan fingerprint density at radius 2 is 2.19 bits per heavy atom. The van der Waals surface area contributed by atoms with E-state index in [2.05, 4.69) is 10.3 Å². The number of nitrogens with zero attached hydrogens (tertiary/aromatic N) is 2. The Hall–Kier alpha value is -2.18. The number of nitrogens with one attached hydrogen (secondary N) is 1. The molecule has 7 heteroatoms. The van der Waals surface area contributed by atoms with E-state index in [0.717, 1.165) is 6.42 Å². The van der Waals surface area contributed by atoms with Gasteiger partial charge >= 0.3 is 11.7 Å². The number of carbonyl (C=O) groups is 1. The molecule has 0 aliphatic heterocycles. The second kappa shape index (κ2) is 8.18. The van der Waals surface area contributed by atoms with Gasteiger partial charge in [0, 0.05) is 17.8 Å². The molecule has 1 heterocycles. The highest BCUT2D eigenvalue weighted by atomic mass is 16.6. The molecule has 21 heavy (non-hydrogen) atoms. The van der Waals surface area contributed by atoms with Gasteiger partial charge in [-0.05, 0) is 26.3 Å². The number of hydrogen-bond acceptors (Lipinski definition) is 6. The summed E-state index contributed by atoms with van der Waals surface area (Å²) < 4.78 is 4.92. The number of ether oxygens (including phenoxy) is 1. The van der Waals surface area contributed by atoms with Gasteiger partial charge in [-0.2, -0.15) is 0 Å². The number of nitro groups is 1. The van der Waals surface area contributed by atoms with E-state index in [-0.39, 0.29) is 29.9 Å². The third kappa shape index (κ3) is 5.37. The fraction of sp³-hybridized carbons (Fsp3) is 0.571. The first-order valence-corrected chi connectivity index (χ1v) is 7.02. The van der Waals surface area contributed by atoms with Crippen molar-refractivity contribution in [3.8, 4) is 0 Å². The van der Waals surface area contributed by atoms with Crippen molar-refractivity contribution in [1.82, 2.24) is 4.98 Å². The van der Waals surface area contributed by atoms with E-state index in [0.29, 0.717) is 18.7 Å². The van der Waals surface area contributed by atoms with E-state index in [1.807, 2.05) is 6.92 Å². The highest BCUT2D eigenvalue weighted by molar-refractivity contribution is 5.71. The number of hydrogen-bond donors (Lipinski definition) is 1. The largest absolute Gasteiger partial charge is 0.466 e. The molecule has 0 saturated heterocycles. The summed E-state index contributed by atoms with van der Waals surface area (Å²) in [6, 6.07) is 2.77. The van der Waals surface area contributed by atoms with Crippen molar-refractivity contribution >= 4 is 17.5 Å². The van der Waals surface area contributed by atoms with Gasteiger partial charge in [-0.25, -0.2) is 4.98 Å². The molecule has 1 unspecified atom stereocenters. The molecule has 0 bridgehead atoms. The van der Waals surface area contributed by atoms with Gasteiger partial charge in [-0.3, -0.25) is 14.9 Å². The van der Waals surface area contributed by atoms with Gasteiger partial charge in [0.1, 0.15) is 0 Å². The average molecular weight is 295 g/mol. The molecule has 0 aromatic carbocycles. The van der Waals surface area contributed by atoms with Crippen LogP contribution in [0, 0.1) is 17.0 Å². The Bertz CT molecular complexity index is 505. The second-order valence-corrected chi connectivity index (χ2v) is 4.72. The third-order valence-electron chi connectivity index (χ3n) is 2.91.